The maximum atomic E-state index is 14.0. The zero-order valence-electron chi connectivity index (χ0n) is 19.8. The lowest BCUT2D eigenvalue weighted by molar-refractivity contribution is 0.0693. The third kappa shape index (κ3) is 5.09. The van der Waals surface area contributed by atoms with Crippen molar-refractivity contribution in [3.8, 4) is 17.2 Å². The highest BCUT2D eigenvalue weighted by Crippen LogP contribution is 2.29. The van der Waals surface area contributed by atoms with Crippen LogP contribution >= 0.6 is 0 Å². The number of methoxy groups -OCH3 is 1. The number of nitrogens with one attached hydrogen (secondary N) is 1. The van der Waals surface area contributed by atoms with Crippen molar-refractivity contribution in [2.75, 3.05) is 26.8 Å². The molecule has 6 bridgehead atoms. The van der Waals surface area contributed by atoms with Crippen molar-refractivity contribution < 1.29 is 28.2 Å². The number of amides is 2. The Kier molecular flexibility index (Phi) is 6.70. The number of aromatic nitrogens is 3. The molecule has 1 saturated heterocycles. The van der Waals surface area contributed by atoms with Crippen LogP contribution in [0.2, 0.25) is 0 Å². The molecule has 3 aromatic rings. The molecule has 4 heterocycles. The lowest BCUT2D eigenvalue weighted by Gasteiger charge is -2.32. The van der Waals surface area contributed by atoms with E-state index in [0.717, 1.165) is 0 Å². The van der Waals surface area contributed by atoms with Gasteiger partial charge in [0.15, 0.2) is 11.5 Å². The van der Waals surface area contributed by atoms with Crippen LogP contribution in [0.3, 0.4) is 0 Å². The number of halogens is 1. The molecule has 6 rings (SSSR count). The lowest BCUT2D eigenvalue weighted by Crippen LogP contribution is -2.46. The zero-order valence-corrected chi connectivity index (χ0v) is 19.8. The first-order chi connectivity index (χ1) is 17.5. The Labute approximate surface area is 206 Å². The van der Waals surface area contributed by atoms with Crippen LogP contribution in [-0.2, 0) is 13.2 Å². The highest BCUT2D eigenvalue weighted by molar-refractivity contribution is 5.97. The summed E-state index contributed by atoms with van der Waals surface area (Å²) in [6.07, 6.45) is 2.87. The highest BCUT2D eigenvalue weighted by atomic mass is 19.1. The van der Waals surface area contributed by atoms with Crippen LogP contribution in [0.15, 0.2) is 42.6 Å². The van der Waals surface area contributed by atoms with Crippen LogP contribution in [0.5, 0.6) is 17.2 Å². The van der Waals surface area contributed by atoms with E-state index in [4.69, 9.17) is 14.2 Å². The van der Waals surface area contributed by atoms with Gasteiger partial charge < -0.3 is 24.4 Å². The topological polar surface area (TPSA) is 108 Å². The molecule has 0 radical (unpaired) electrons. The molecule has 0 spiro atoms. The van der Waals surface area contributed by atoms with Gasteiger partial charge in [-0.25, -0.2) is 9.07 Å². The van der Waals surface area contributed by atoms with Crippen molar-refractivity contribution in [2.45, 2.75) is 32.0 Å². The fraction of sp³-hybridized carbons (Fsp3) is 0.360. The third-order valence-electron chi connectivity index (χ3n) is 6.25. The van der Waals surface area contributed by atoms with Crippen molar-refractivity contribution in [3.05, 3.63) is 65.2 Å². The van der Waals surface area contributed by atoms with E-state index in [2.05, 4.69) is 15.6 Å². The van der Waals surface area contributed by atoms with E-state index in [-0.39, 0.29) is 36.6 Å². The molecule has 3 aliphatic rings. The average molecular weight is 496 g/mol. The first kappa shape index (κ1) is 23.6. The first-order valence-electron chi connectivity index (χ1n) is 11.7. The summed E-state index contributed by atoms with van der Waals surface area (Å²) in [6.45, 7) is 1.55. The number of hydrogen-bond donors (Lipinski definition) is 1. The van der Waals surface area contributed by atoms with Gasteiger partial charge in [0.2, 0.25) is 0 Å². The Morgan fingerprint density at radius 2 is 1.89 bits per heavy atom. The van der Waals surface area contributed by atoms with Gasteiger partial charge in [-0.3, -0.25) is 9.59 Å². The number of nitrogens with zero attached hydrogens (tertiary/aromatic N) is 4. The van der Waals surface area contributed by atoms with Crippen LogP contribution in [0.4, 0.5) is 4.39 Å². The maximum absolute atomic E-state index is 14.0. The summed E-state index contributed by atoms with van der Waals surface area (Å²) in [7, 11) is 1.53. The minimum absolute atomic E-state index is 0.100. The molecule has 2 amide bonds. The van der Waals surface area contributed by atoms with E-state index in [0.29, 0.717) is 61.0 Å². The number of rotatable bonds is 1. The molecule has 0 unspecified atom stereocenters. The van der Waals surface area contributed by atoms with E-state index in [1.54, 1.807) is 34.0 Å². The Morgan fingerprint density at radius 3 is 2.69 bits per heavy atom. The van der Waals surface area contributed by atoms with Gasteiger partial charge in [-0.15, -0.1) is 5.10 Å². The first-order valence-corrected chi connectivity index (χ1v) is 11.7. The Balaban J connectivity index is 1.42. The van der Waals surface area contributed by atoms with Crippen molar-refractivity contribution in [1.29, 1.82) is 0 Å². The SMILES string of the molecule is COc1ccc2cc1OCc1cn(nn1)CCOc1ccc(F)cc1C(=O)N1CCC(CC1)NC2=O. The fourth-order valence-corrected chi connectivity index (χ4v) is 4.31. The number of hydrogen-bond acceptors (Lipinski definition) is 7. The van der Waals surface area contributed by atoms with Gasteiger partial charge >= 0.3 is 0 Å². The predicted octanol–water partition coefficient (Wildman–Crippen LogP) is 2.43. The van der Waals surface area contributed by atoms with E-state index in [1.165, 1.54) is 25.3 Å². The molecular weight excluding hydrogens is 469 g/mol. The van der Waals surface area contributed by atoms with Gasteiger partial charge in [-0.05, 0) is 49.2 Å². The molecule has 0 aliphatic carbocycles. The normalized spacial score (nSPS) is 17.0. The van der Waals surface area contributed by atoms with Crippen molar-refractivity contribution in [2.24, 2.45) is 0 Å². The van der Waals surface area contributed by atoms with Gasteiger partial charge in [0.1, 0.15) is 30.5 Å². The molecule has 36 heavy (non-hydrogen) atoms. The lowest BCUT2D eigenvalue weighted by atomic mass is 10.0. The molecule has 11 heteroatoms. The fourth-order valence-electron chi connectivity index (χ4n) is 4.31. The summed E-state index contributed by atoms with van der Waals surface area (Å²) in [5, 5.41) is 11.2. The van der Waals surface area contributed by atoms with Crippen LogP contribution in [0, 0.1) is 5.82 Å². The summed E-state index contributed by atoms with van der Waals surface area (Å²) in [5.74, 6) is 0.165. The average Bonchev–Trinajstić information content (AvgIpc) is 3.35. The number of fused-ring (bicyclic) bond motifs is 6. The van der Waals surface area contributed by atoms with Gasteiger partial charge in [-0.2, -0.15) is 0 Å². The molecule has 188 valence electrons. The van der Waals surface area contributed by atoms with Gasteiger partial charge in [-0.1, -0.05) is 5.21 Å². The second kappa shape index (κ2) is 10.2. The quantitative estimate of drug-likeness (QED) is 0.553. The second-order valence-corrected chi connectivity index (χ2v) is 8.66. The summed E-state index contributed by atoms with van der Waals surface area (Å²) >= 11 is 0. The predicted molar refractivity (Wildman–Crippen MR) is 126 cm³/mol. The van der Waals surface area contributed by atoms with Gasteiger partial charge in [0.25, 0.3) is 11.8 Å². The molecule has 2 aromatic carbocycles. The minimum atomic E-state index is -0.512. The number of carbonyl (C=O) groups is 2. The number of carbonyl (C=O) groups excluding carboxylic acids is 2. The molecule has 1 N–H and O–H groups in total. The Morgan fingerprint density at radius 1 is 1.06 bits per heavy atom. The summed E-state index contributed by atoms with van der Waals surface area (Å²) in [5.41, 5.74) is 1.18. The summed E-state index contributed by atoms with van der Waals surface area (Å²) in [4.78, 5) is 27.8. The molecule has 10 nitrogen and oxygen atoms in total. The third-order valence-corrected chi connectivity index (χ3v) is 6.25. The minimum Gasteiger partial charge on any atom is -0.493 e. The Bertz CT molecular complexity index is 1270. The molecule has 0 atom stereocenters. The summed E-state index contributed by atoms with van der Waals surface area (Å²) in [6, 6.07) is 8.81. The van der Waals surface area contributed by atoms with E-state index in [1.807, 2.05) is 0 Å². The number of ether oxygens (including phenoxy) is 3. The summed E-state index contributed by atoms with van der Waals surface area (Å²) < 4.78 is 32.7. The van der Waals surface area contributed by atoms with E-state index in [9.17, 15) is 14.0 Å². The van der Waals surface area contributed by atoms with Crippen LogP contribution in [0.25, 0.3) is 0 Å². The highest BCUT2D eigenvalue weighted by Gasteiger charge is 2.27. The van der Waals surface area contributed by atoms with Crippen LogP contribution in [0.1, 0.15) is 39.3 Å². The van der Waals surface area contributed by atoms with Gasteiger partial charge in [0.05, 0.1) is 25.4 Å². The van der Waals surface area contributed by atoms with E-state index >= 15 is 0 Å². The molecule has 1 fully saturated rings. The standard InChI is InChI=1S/C25H26FN5O5/c1-34-22-4-2-16-12-23(22)36-15-19-14-31(29-28-19)10-11-35-21-5-3-17(26)13-20(21)25(33)30-8-6-18(7-9-30)27-24(16)32/h2-5,12-14,18H,6-11,15H2,1H3,(H,27,32). The monoisotopic (exact) mass is 495 g/mol. The number of piperidine rings is 1. The van der Waals surface area contributed by atoms with E-state index < -0.39 is 5.82 Å². The molecular formula is C25H26FN5O5. The second-order valence-electron chi connectivity index (χ2n) is 8.66. The molecule has 0 saturated carbocycles. The van der Waals surface area contributed by atoms with Crippen molar-refractivity contribution in [3.63, 3.8) is 0 Å². The number of benzene rings is 2. The molecule has 1 aromatic heterocycles. The zero-order chi connectivity index (χ0) is 25.1. The van der Waals surface area contributed by atoms with Crippen LogP contribution < -0.4 is 19.5 Å². The van der Waals surface area contributed by atoms with Crippen LogP contribution in [-0.4, -0.2) is 64.6 Å². The smallest absolute Gasteiger partial charge is 0.257 e. The largest absolute Gasteiger partial charge is 0.493 e. The molecule has 3 aliphatic heterocycles. The van der Waals surface area contributed by atoms with Gasteiger partial charge in [0, 0.05) is 24.7 Å². The maximum Gasteiger partial charge on any atom is 0.257 e. The Hall–Kier alpha value is -4.15. The van der Waals surface area contributed by atoms with Crippen molar-refractivity contribution >= 4 is 11.8 Å². The van der Waals surface area contributed by atoms with Crippen molar-refractivity contribution in [1.82, 2.24) is 25.2 Å².